The van der Waals surface area contributed by atoms with Crippen molar-refractivity contribution < 1.29 is 0 Å². The van der Waals surface area contributed by atoms with Crippen LogP contribution >= 0.6 is 15.9 Å². The quantitative estimate of drug-likeness (QED) is 0.606. The van der Waals surface area contributed by atoms with Crippen molar-refractivity contribution in [3.8, 4) is 0 Å². The number of rotatable bonds is 4. The van der Waals surface area contributed by atoms with Crippen molar-refractivity contribution in [3.05, 3.63) is 47.5 Å². The highest BCUT2D eigenvalue weighted by molar-refractivity contribution is 9.09. The van der Waals surface area contributed by atoms with Crippen molar-refractivity contribution in [1.82, 2.24) is 0 Å². The van der Waals surface area contributed by atoms with Crippen molar-refractivity contribution in [3.63, 3.8) is 0 Å². The smallest absolute Gasteiger partial charge is 0.0404 e. The lowest BCUT2D eigenvalue weighted by molar-refractivity contribution is 0.554. The topological polar surface area (TPSA) is 0 Å². The van der Waals surface area contributed by atoms with E-state index >= 15 is 0 Å². The summed E-state index contributed by atoms with van der Waals surface area (Å²) in [6.07, 6.45) is 2.46. The Morgan fingerprint density at radius 3 is 2.44 bits per heavy atom. The monoisotopic (exact) mass is 304 g/mol. The van der Waals surface area contributed by atoms with Gasteiger partial charge in [-0.1, -0.05) is 66.2 Å². The van der Waals surface area contributed by atoms with Gasteiger partial charge in [0.1, 0.15) is 0 Å². The molecule has 96 valence electrons. The molecule has 0 saturated carbocycles. The first-order chi connectivity index (χ1) is 8.59. The Bertz CT molecular complexity index is 528. The molecule has 0 spiro atoms. The number of aryl methyl sites for hydroxylation is 1. The molecule has 0 N–H and O–H groups in total. The zero-order valence-corrected chi connectivity index (χ0v) is 13.0. The van der Waals surface area contributed by atoms with Crippen LogP contribution in [0.5, 0.6) is 0 Å². The standard InChI is InChI=1S/C17H21Br/c1-12(2)8-11-16(18)17-13(3)9-10-14-6-4-5-7-15(14)17/h4-7,9-10,12,16H,8,11H2,1-3H3. The van der Waals surface area contributed by atoms with E-state index in [1.165, 1.54) is 34.7 Å². The minimum atomic E-state index is 0.464. The first kappa shape index (κ1) is 13.6. The second-order valence-electron chi connectivity index (χ2n) is 5.46. The molecule has 2 aromatic rings. The molecule has 1 unspecified atom stereocenters. The van der Waals surface area contributed by atoms with Gasteiger partial charge in [-0.15, -0.1) is 0 Å². The molecule has 0 fully saturated rings. The average molecular weight is 305 g/mol. The molecular weight excluding hydrogens is 284 g/mol. The maximum absolute atomic E-state index is 3.89. The highest BCUT2D eigenvalue weighted by Gasteiger charge is 2.14. The Balaban J connectivity index is 2.39. The maximum Gasteiger partial charge on any atom is 0.0404 e. The second-order valence-corrected chi connectivity index (χ2v) is 6.56. The molecular formula is C17H21Br. The van der Waals surface area contributed by atoms with Gasteiger partial charge < -0.3 is 0 Å². The van der Waals surface area contributed by atoms with Gasteiger partial charge in [-0.3, -0.25) is 0 Å². The molecule has 1 heteroatoms. The average Bonchev–Trinajstić information content (AvgIpc) is 2.36. The molecule has 0 aromatic heterocycles. The van der Waals surface area contributed by atoms with E-state index in [4.69, 9.17) is 0 Å². The van der Waals surface area contributed by atoms with Gasteiger partial charge in [0.15, 0.2) is 0 Å². The Kier molecular flexibility index (Phi) is 4.45. The summed E-state index contributed by atoms with van der Waals surface area (Å²) in [5, 5.41) is 2.73. The first-order valence-corrected chi connectivity index (χ1v) is 7.63. The van der Waals surface area contributed by atoms with E-state index < -0.39 is 0 Å². The number of halogens is 1. The third-order valence-electron chi connectivity index (χ3n) is 3.50. The summed E-state index contributed by atoms with van der Waals surface area (Å²) in [7, 11) is 0. The Morgan fingerprint density at radius 1 is 1.00 bits per heavy atom. The molecule has 0 bridgehead atoms. The van der Waals surface area contributed by atoms with Crippen LogP contribution in [0, 0.1) is 12.8 Å². The molecule has 0 aliphatic carbocycles. The van der Waals surface area contributed by atoms with Crippen LogP contribution < -0.4 is 0 Å². The van der Waals surface area contributed by atoms with Gasteiger partial charge in [-0.05, 0) is 47.6 Å². The lowest BCUT2D eigenvalue weighted by atomic mass is 9.94. The van der Waals surface area contributed by atoms with Crippen LogP contribution in [0.2, 0.25) is 0 Å². The maximum atomic E-state index is 3.89. The van der Waals surface area contributed by atoms with E-state index in [1.807, 2.05) is 0 Å². The zero-order valence-electron chi connectivity index (χ0n) is 11.4. The molecule has 0 aliphatic rings. The second kappa shape index (κ2) is 5.88. The summed E-state index contributed by atoms with van der Waals surface area (Å²) in [5.74, 6) is 0.764. The normalized spacial score (nSPS) is 13.2. The molecule has 0 heterocycles. The van der Waals surface area contributed by atoms with Crippen molar-refractivity contribution in [2.75, 3.05) is 0 Å². The lowest BCUT2D eigenvalue weighted by Gasteiger charge is -2.17. The summed E-state index contributed by atoms with van der Waals surface area (Å²) < 4.78 is 0. The zero-order chi connectivity index (χ0) is 13.1. The summed E-state index contributed by atoms with van der Waals surface area (Å²) in [6, 6.07) is 13.1. The number of hydrogen-bond donors (Lipinski definition) is 0. The van der Waals surface area contributed by atoms with Crippen molar-refractivity contribution in [2.45, 2.75) is 38.4 Å². The van der Waals surface area contributed by atoms with Crippen LogP contribution in [0.1, 0.15) is 42.6 Å². The van der Waals surface area contributed by atoms with E-state index in [0.717, 1.165) is 5.92 Å². The highest BCUT2D eigenvalue weighted by Crippen LogP contribution is 2.36. The van der Waals surface area contributed by atoms with Gasteiger partial charge in [0.2, 0.25) is 0 Å². The third-order valence-corrected chi connectivity index (χ3v) is 4.42. The Labute approximate surface area is 119 Å². The fraction of sp³-hybridized carbons (Fsp3) is 0.412. The Morgan fingerprint density at radius 2 is 1.72 bits per heavy atom. The lowest BCUT2D eigenvalue weighted by Crippen LogP contribution is -1.98. The van der Waals surface area contributed by atoms with Crippen molar-refractivity contribution >= 4 is 26.7 Å². The van der Waals surface area contributed by atoms with Crippen LogP contribution in [0.3, 0.4) is 0 Å². The molecule has 18 heavy (non-hydrogen) atoms. The van der Waals surface area contributed by atoms with Gasteiger partial charge in [0.25, 0.3) is 0 Å². The van der Waals surface area contributed by atoms with Gasteiger partial charge >= 0.3 is 0 Å². The molecule has 2 aromatic carbocycles. The fourth-order valence-electron chi connectivity index (χ4n) is 2.44. The van der Waals surface area contributed by atoms with Crippen LogP contribution in [0.25, 0.3) is 10.8 Å². The molecule has 0 amide bonds. The van der Waals surface area contributed by atoms with Crippen molar-refractivity contribution in [1.29, 1.82) is 0 Å². The highest BCUT2D eigenvalue weighted by atomic mass is 79.9. The van der Waals surface area contributed by atoms with Gasteiger partial charge in [-0.2, -0.15) is 0 Å². The number of fused-ring (bicyclic) bond motifs is 1. The minimum absolute atomic E-state index is 0.464. The molecule has 0 nitrogen and oxygen atoms in total. The van der Waals surface area contributed by atoms with Gasteiger partial charge in [-0.25, -0.2) is 0 Å². The summed E-state index contributed by atoms with van der Waals surface area (Å²) in [6.45, 7) is 6.79. The van der Waals surface area contributed by atoms with Gasteiger partial charge in [0.05, 0.1) is 0 Å². The van der Waals surface area contributed by atoms with Crippen LogP contribution in [0.15, 0.2) is 36.4 Å². The predicted octanol–water partition coefficient (Wildman–Crippen LogP) is 6.02. The number of benzene rings is 2. The van der Waals surface area contributed by atoms with E-state index in [0.29, 0.717) is 4.83 Å². The first-order valence-electron chi connectivity index (χ1n) is 6.72. The number of alkyl halides is 1. The van der Waals surface area contributed by atoms with Crippen LogP contribution in [-0.2, 0) is 0 Å². The van der Waals surface area contributed by atoms with E-state index in [9.17, 15) is 0 Å². The summed E-state index contributed by atoms with van der Waals surface area (Å²) in [4.78, 5) is 0.464. The minimum Gasteiger partial charge on any atom is -0.0838 e. The molecule has 2 rings (SSSR count). The molecule has 1 atom stereocenters. The van der Waals surface area contributed by atoms with Crippen LogP contribution in [-0.4, -0.2) is 0 Å². The fourth-order valence-corrected chi connectivity index (χ4v) is 3.32. The summed E-state index contributed by atoms with van der Waals surface area (Å²) in [5.41, 5.74) is 2.85. The van der Waals surface area contributed by atoms with Gasteiger partial charge in [0, 0.05) is 4.83 Å². The van der Waals surface area contributed by atoms with E-state index in [1.54, 1.807) is 0 Å². The summed E-state index contributed by atoms with van der Waals surface area (Å²) >= 11 is 3.89. The Hall–Kier alpha value is -0.820. The molecule has 0 radical (unpaired) electrons. The molecule has 0 saturated heterocycles. The predicted molar refractivity (Wildman–Crippen MR) is 84.4 cm³/mol. The van der Waals surface area contributed by atoms with E-state index in [2.05, 4.69) is 73.1 Å². The van der Waals surface area contributed by atoms with E-state index in [-0.39, 0.29) is 0 Å². The largest absolute Gasteiger partial charge is 0.0838 e. The molecule has 0 aliphatic heterocycles. The SMILES string of the molecule is Cc1ccc2ccccc2c1C(Br)CCC(C)C. The van der Waals surface area contributed by atoms with Crippen molar-refractivity contribution in [2.24, 2.45) is 5.92 Å². The van der Waals surface area contributed by atoms with Crippen LogP contribution in [0.4, 0.5) is 0 Å². The number of hydrogen-bond acceptors (Lipinski definition) is 0. The third kappa shape index (κ3) is 2.95.